The Kier molecular flexibility index (Phi) is 37.9. The van der Waals surface area contributed by atoms with E-state index in [4.69, 9.17) is 17.2 Å². The van der Waals surface area contributed by atoms with Crippen molar-refractivity contribution < 1.29 is 0 Å². The van der Waals surface area contributed by atoms with E-state index in [9.17, 15) is 0 Å². The van der Waals surface area contributed by atoms with Gasteiger partial charge in [0.1, 0.15) is 0 Å². The molecule has 0 atom stereocenters. The maximum Gasteiger partial charge on any atom is -0.00368 e. The summed E-state index contributed by atoms with van der Waals surface area (Å²) in [5.74, 6) is 0. The van der Waals surface area contributed by atoms with Crippen molar-refractivity contribution in [1.29, 1.82) is 0 Å². The molecule has 0 radical (unpaired) electrons. The summed E-state index contributed by atoms with van der Waals surface area (Å²) in [6.07, 6.45) is 10.6. The van der Waals surface area contributed by atoms with Gasteiger partial charge in [-0.1, -0.05) is 38.1 Å². The minimum Gasteiger partial charge on any atom is -0.330 e. The Bertz CT molecular complexity index is 533. The smallest absolute Gasteiger partial charge is 0.00368 e. The topological polar surface area (TPSA) is 138 Å². The van der Waals surface area contributed by atoms with Gasteiger partial charge >= 0.3 is 0 Å². The van der Waals surface area contributed by atoms with Gasteiger partial charge in [-0.25, -0.2) is 0 Å². The summed E-state index contributed by atoms with van der Waals surface area (Å²) in [7, 11) is 0. The van der Waals surface area contributed by atoms with Gasteiger partial charge in [0.15, 0.2) is 0 Å². The van der Waals surface area contributed by atoms with E-state index in [1.807, 2.05) is 0 Å². The van der Waals surface area contributed by atoms with Crippen molar-refractivity contribution in [2.24, 2.45) is 17.2 Å². The molecule has 0 aliphatic heterocycles. The molecule has 0 saturated carbocycles. The van der Waals surface area contributed by atoms with Gasteiger partial charge in [0, 0.05) is 0 Å². The van der Waals surface area contributed by atoms with Crippen molar-refractivity contribution in [1.82, 2.24) is 26.6 Å². The maximum absolute atomic E-state index is 5.40. The van der Waals surface area contributed by atoms with Crippen molar-refractivity contribution in [2.75, 3.05) is 85.1 Å². The lowest BCUT2D eigenvalue weighted by atomic mass is 10.1. The van der Waals surface area contributed by atoms with E-state index < -0.39 is 0 Å². The molecule has 0 aliphatic carbocycles. The zero-order chi connectivity index (χ0) is 29.1. The maximum atomic E-state index is 5.40. The number of hydrogen-bond donors (Lipinski definition) is 8. The molecule has 1 rings (SSSR count). The molecule has 0 unspecified atom stereocenters. The number of benzene rings is 1. The molecule has 8 heteroatoms. The monoisotopic (exact) mass is 553 g/mol. The van der Waals surface area contributed by atoms with Crippen molar-refractivity contribution in [2.45, 2.75) is 78.6 Å². The Morgan fingerprint density at radius 1 is 0.487 bits per heavy atom. The number of unbranched alkanes of at least 4 members (excludes halogenated alkanes) is 2. The lowest BCUT2D eigenvalue weighted by Crippen LogP contribution is -2.23. The largest absolute Gasteiger partial charge is 0.330 e. The van der Waals surface area contributed by atoms with Crippen LogP contribution in [-0.4, -0.2) is 85.1 Å². The predicted octanol–water partition coefficient (Wildman–Crippen LogP) is 2.50. The van der Waals surface area contributed by atoms with Crippen LogP contribution in [0.1, 0.15) is 76.3 Å². The molecular formula is C31H68N8. The van der Waals surface area contributed by atoms with E-state index >= 15 is 0 Å². The van der Waals surface area contributed by atoms with Crippen LogP contribution < -0.4 is 43.8 Å². The van der Waals surface area contributed by atoms with Crippen molar-refractivity contribution >= 4 is 0 Å². The average Bonchev–Trinajstić information content (AvgIpc) is 2.96. The third-order valence-electron chi connectivity index (χ3n) is 6.19. The molecule has 0 fully saturated rings. The van der Waals surface area contributed by atoms with Crippen LogP contribution in [0.15, 0.2) is 24.3 Å². The number of aryl methyl sites for hydroxylation is 2. The van der Waals surface area contributed by atoms with Crippen LogP contribution in [0, 0.1) is 6.92 Å². The minimum absolute atomic E-state index is 0.785. The lowest BCUT2D eigenvalue weighted by molar-refractivity contribution is 0.559. The summed E-state index contributed by atoms with van der Waals surface area (Å²) in [4.78, 5) is 0. The van der Waals surface area contributed by atoms with E-state index in [1.54, 1.807) is 0 Å². The first-order valence-electron chi connectivity index (χ1n) is 15.9. The molecule has 0 aromatic heterocycles. The van der Waals surface area contributed by atoms with Gasteiger partial charge in [0.25, 0.3) is 0 Å². The molecule has 39 heavy (non-hydrogen) atoms. The highest BCUT2D eigenvalue weighted by Gasteiger charge is 1.92. The SMILES string of the molecule is CCNCCCNCCCCNCCCN.CCc1ccccc1C.NCCCNCCCCNCCCN. The quantitative estimate of drug-likeness (QED) is 0.0866. The predicted molar refractivity (Wildman–Crippen MR) is 175 cm³/mol. The first kappa shape index (κ1) is 40.0. The second kappa shape index (κ2) is 36.9. The van der Waals surface area contributed by atoms with Gasteiger partial charge in [-0.3, -0.25) is 0 Å². The molecule has 0 amide bonds. The Morgan fingerprint density at radius 3 is 1.18 bits per heavy atom. The average molecular weight is 553 g/mol. The summed E-state index contributed by atoms with van der Waals surface area (Å²) >= 11 is 0. The standard InChI is InChI=1S/C12H30N4.C10H26N4.C9H12/c1-2-14-11-6-12-16-9-4-3-8-15-10-5-7-13;11-5-3-9-13-7-1-2-8-14-10-4-6-12;1-3-9-7-5-4-6-8(9)2/h14-16H,2-13H2,1H3;13-14H,1-12H2;4-7H,3H2,1-2H3. The van der Waals surface area contributed by atoms with Crippen molar-refractivity contribution in [3.63, 3.8) is 0 Å². The number of nitrogens with two attached hydrogens (primary N) is 3. The fraction of sp³-hybridized carbons (Fsp3) is 0.806. The summed E-state index contributed by atoms with van der Waals surface area (Å²) in [6, 6.07) is 8.49. The molecular weight excluding hydrogens is 484 g/mol. The van der Waals surface area contributed by atoms with E-state index in [0.29, 0.717) is 0 Å². The molecule has 1 aromatic carbocycles. The molecule has 0 heterocycles. The zero-order valence-electron chi connectivity index (χ0n) is 26.1. The molecule has 0 saturated heterocycles. The fourth-order valence-electron chi connectivity index (χ4n) is 3.70. The summed E-state index contributed by atoms with van der Waals surface area (Å²) < 4.78 is 0. The molecule has 8 nitrogen and oxygen atoms in total. The molecule has 11 N–H and O–H groups in total. The Balaban J connectivity index is 0. The van der Waals surface area contributed by atoms with Crippen molar-refractivity contribution in [3.8, 4) is 0 Å². The fourth-order valence-corrected chi connectivity index (χ4v) is 3.70. The molecule has 1 aromatic rings. The summed E-state index contributed by atoms with van der Waals surface area (Å²) in [5.41, 5.74) is 19.0. The Hall–Kier alpha value is -1.10. The van der Waals surface area contributed by atoms with Gasteiger partial charge in [-0.15, -0.1) is 0 Å². The van der Waals surface area contributed by atoms with E-state index in [0.717, 1.165) is 111 Å². The van der Waals surface area contributed by atoms with Gasteiger partial charge in [-0.2, -0.15) is 0 Å². The minimum atomic E-state index is 0.785. The first-order chi connectivity index (χ1) is 19.2. The number of hydrogen-bond acceptors (Lipinski definition) is 8. The molecule has 232 valence electrons. The van der Waals surface area contributed by atoms with Crippen LogP contribution in [0.4, 0.5) is 0 Å². The van der Waals surface area contributed by atoms with E-state index in [2.05, 4.69) is 71.6 Å². The van der Waals surface area contributed by atoms with E-state index in [1.165, 1.54) is 43.2 Å². The van der Waals surface area contributed by atoms with E-state index in [-0.39, 0.29) is 0 Å². The van der Waals surface area contributed by atoms with Crippen LogP contribution in [0.25, 0.3) is 0 Å². The van der Waals surface area contributed by atoms with Crippen LogP contribution in [0.5, 0.6) is 0 Å². The first-order valence-corrected chi connectivity index (χ1v) is 15.9. The second-order valence-electron chi connectivity index (χ2n) is 9.83. The third kappa shape index (κ3) is 34.9. The normalized spacial score (nSPS) is 10.5. The van der Waals surface area contributed by atoms with Gasteiger partial charge < -0.3 is 43.8 Å². The van der Waals surface area contributed by atoms with Crippen LogP contribution in [0.2, 0.25) is 0 Å². The highest BCUT2D eigenvalue weighted by Crippen LogP contribution is 2.06. The zero-order valence-corrected chi connectivity index (χ0v) is 26.1. The Labute approximate surface area is 242 Å². The van der Waals surface area contributed by atoms with Crippen LogP contribution in [0.3, 0.4) is 0 Å². The van der Waals surface area contributed by atoms with Crippen LogP contribution in [-0.2, 0) is 6.42 Å². The highest BCUT2D eigenvalue weighted by molar-refractivity contribution is 5.25. The summed E-state index contributed by atoms with van der Waals surface area (Å²) in [5, 5.41) is 16.9. The second-order valence-corrected chi connectivity index (χ2v) is 9.83. The number of nitrogens with one attached hydrogen (secondary N) is 5. The van der Waals surface area contributed by atoms with Gasteiger partial charge in [0.2, 0.25) is 0 Å². The summed E-state index contributed by atoms with van der Waals surface area (Å²) in [6.45, 7) is 19.8. The van der Waals surface area contributed by atoms with Gasteiger partial charge in [-0.05, 0) is 161 Å². The highest BCUT2D eigenvalue weighted by atomic mass is 14.9. The lowest BCUT2D eigenvalue weighted by Gasteiger charge is -2.06. The van der Waals surface area contributed by atoms with Gasteiger partial charge in [0.05, 0.1) is 0 Å². The molecule has 0 bridgehead atoms. The number of rotatable bonds is 25. The van der Waals surface area contributed by atoms with Crippen LogP contribution >= 0.6 is 0 Å². The molecule has 0 spiro atoms. The third-order valence-corrected chi connectivity index (χ3v) is 6.19. The Morgan fingerprint density at radius 2 is 0.846 bits per heavy atom. The van der Waals surface area contributed by atoms with Crippen molar-refractivity contribution in [3.05, 3.63) is 35.4 Å². The molecule has 0 aliphatic rings.